The van der Waals surface area contributed by atoms with E-state index >= 15 is 0 Å². The van der Waals surface area contributed by atoms with E-state index in [2.05, 4.69) is 39.6 Å². The molecule has 0 aliphatic carbocycles. The molecule has 0 aliphatic heterocycles. The summed E-state index contributed by atoms with van der Waals surface area (Å²) < 4.78 is 6.51. The maximum atomic E-state index is 5.32. The van der Waals surface area contributed by atoms with Gasteiger partial charge in [-0.3, -0.25) is 0 Å². The molecule has 1 unspecified atom stereocenters. The van der Waals surface area contributed by atoms with E-state index in [4.69, 9.17) is 4.42 Å². The van der Waals surface area contributed by atoms with E-state index in [1.807, 2.05) is 12.1 Å². The predicted octanol–water partition coefficient (Wildman–Crippen LogP) is 3.82. The minimum absolute atomic E-state index is 0.417. The Balaban J connectivity index is 1.80. The molecule has 0 aromatic carbocycles. The molecule has 0 radical (unpaired) electrons. The second kappa shape index (κ2) is 5.66. The zero-order valence-corrected chi connectivity index (χ0v) is 11.5. The van der Waals surface area contributed by atoms with Crippen LogP contribution >= 0.6 is 27.3 Å². The third kappa shape index (κ3) is 3.20. The van der Waals surface area contributed by atoms with Gasteiger partial charge in [-0.2, -0.15) is 0 Å². The molecule has 0 saturated carbocycles. The van der Waals surface area contributed by atoms with Crippen molar-refractivity contribution >= 4 is 27.3 Å². The molecule has 1 atom stereocenters. The zero-order chi connectivity index (χ0) is 11.4. The highest BCUT2D eigenvalue weighted by molar-refractivity contribution is 9.10. The summed E-state index contributed by atoms with van der Waals surface area (Å²) in [4.78, 5) is 1.34. The molecule has 0 saturated heterocycles. The summed E-state index contributed by atoms with van der Waals surface area (Å²) in [5.74, 6) is 1.03. The van der Waals surface area contributed by atoms with Crippen LogP contribution in [0.25, 0.3) is 0 Å². The summed E-state index contributed by atoms with van der Waals surface area (Å²) in [5, 5.41) is 5.58. The first-order chi connectivity index (χ1) is 7.75. The standard InChI is InChI=1S/C12H14BrNOS/c1-9(7-10-3-2-5-15-10)14-8-12-11(13)4-6-16-12/h2-6,9,14H,7-8H2,1H3. The van der Waals surface area contributed by atoms with Gasteiger partial charge in [0.1, 0.15) is 5.76 Å². The fraction of sp³-hybridized carbons (Fsp3) is 0.333. The van der Waals surface area contributed by atoms with Crippen molar-refractivity contribution in [3.05, 3.63) is 45.0 Å². The molecule has 2 heterocycles. The van der Waals surface area contributed by atoms with E-state index in [9.17, 15) is 0 Å². The number of furan rings is 1. The number of nitrogens with one attached hydrogen (secondary N) is 1. The van der Waals surface area contributed by atoms with Gasteiger partial charge in [0.25, 0.3) is 0 Å². The summed E-state index contributed by atoms with van der Waals surface area (Å²) >= 11 is 5.30. The Bertz CT molecular complexity index is 424. The zero-order valence-electron chi connectivity index (χ0n) is 9.07. The highest BCUT2D eigenvalue weighted by Gasteiger charge is 2.07. The van der Waals surface area contributed by atoms with Crippen LogP contribution in [0.3, 0.4) is 0 Å². The molecular weight excluding hydrogens is 286 g/mol. The van der Waals surface area contributed by atoms with Crippen LogP contribution in [0.2, 0.25) is 0 Å². The van der Waals surface area contributed by atoms with Crippen LogP contribution in [0, 0.1) is 0 Å². The first kappa shape index (κ1) is 11.9. The lowest BCUT2D eigenvalue weighted by Gasteiger charge is -2.11. The van der Waals surface area contributed by atoms with Crippen LogP contribution in [-0.4, -0.2) is 6.04 Å². The maximum absolute atomic E-state index is 5.32. The molecule has 0 amide bonds. The number of rotatable bonds is 5. The van der Waals surface area contributed by atoms with E-state index in [1.165, 1.54) is 9.35 Å². The van der Waals surface area contributed by atoms with Crippen molar-refractivity contribution in [3.63, 3.8) is 0 Å². The van der Waals surface area contributed by atoms with E-state index in [0.29, 0.717) is 6.04 Å². The lowest BCUT2D eigenvalue weighted by molar-refractivity contribution is 0.457. The Morgan fingerprint density at radius 1 is 1.50 bits per heavy atom. The van der Waals surface area contributed by atoms with Gasteiger partial charge in [-0.25, -0.2) is 0 Å². The number of hydrogen-bond donors (Lipinski definition) is 1. The van der Waals surface area contributed by atoms with E-state index in [-0.39, 0.29) is 0 Å². The number of thiophene rings is 1. The number of hydrogen-bond acceptors (Lipinski definition) is 3. The smallest absolute Gasteiger partial charge is 0.105 e. The second-order valence-electron chi connectivity index (χ2n) is 3.76. The fourth-order valence-corrected chi connectivity index (χ4v) is 2.96. The molecule has 4 heteroatoms. The Labute approximate surface area is 108 Å². The molecule has 2 rings (SSSR count). The van der Waals surface area contributed by atoms with Crippen molar-refractivity contribution in [1.82, 2.24) is 5.32 Å². The lowest BCUT2D eigenvalue weighted by atomic mass is 10.2. The van der Waals surface area contributed by atoms with Crippen LogP contribution in [0.5, 0.6) is 0 Å². The third-order valence-corrected chi connectivity index (χ3v) is 4.32. The normalized spacial score (nSPS) is 12.9. The molecule has 0 bridgehead atoms. The minimum Gasteiger partial charge on any atom is -0.469 e. The first-order valence-electron chi connectivity index (χ1n) is 5.23. The van der Waals surface area contributed by atoms with Crippen molar-refractivity contribution in [1.29, 1.82) is 0 Å². The second-order valence-corrected chi connectivity index (χ2v) is 5.61. The molecule has 0 aliphatic rings. The summed E-state index contributed by atoms with van der Waals surface area (Å²) in [5.41, 5.74) is 0. The van der Waals surface area contributed by atoms with Gasteiger partial charge in [-0.05, 0) is 46.4 Å². The molecule has 16 heavy (non-hydrogen) atoms. The van der Waals surface area contributed by atoms with Gasteiger partial charge < -0.3 is 9.73 Å². The quantitative estimate of drug-likeness (QED) is 0.908. The highest BCUT2D eigenvalue weighted by Crippen LogP contribution is 2.22. The van der Waals surface area contributed by atoms with Crippen molar-refractivity contribution < 1.29 is 4.42 Å². The fourth-order valence-electron chi connectivity index (χ4n) is 1.52. The third-order valence-electron chi connectivity index (χ3n) is 2.39. The molecular formula is C12H14BrNOS. The molecule has 0 fully saturated rings. The van der Waals surface area contributed by atoms with E-state index in [1.54, 1.807) is 17.6 Å². The summed E-state index contributed by atoms with van der Waals surface area (Å²) in [6.45, 7) is 3.07. The Morgan fingerprint density at radius 3 is 3.00 bits per heavy atom. The lowest BCUT2D eigenvalue weighted by Crippen LogP contribution is -2.27. The Hall–Kier alpha value is -0.580. The molecule has 2 aromatic rings. The molecule has 1 N–H and O–H groups in total. The Morgan fingerprint density at radius 2 is 2.38 bits per heavy atom. The van der Waals surface area contributed by atoms with Crippen molar-refractivity contribution in [2.24, 2.45) is 0 Å². The highest BCUT2D eigenvalue weighted by atomic mass is 79.9. The molecule has 0 spiro atoms. The molecule has 2 nitrogen and oxygen atoms in total. The van der Waals surface area contributed by atoms with Gasteiger partial charge in [-0.1, -0.05) is 0 Å². The topological polar surface area (TPSA) is 25.2 Å². The largest absolute Gasteiger partial charge is 0.469 e. The number of halogens is 1. The van der Waals surface area contributed by atoms with Gasteiger partial charge in [-0.15, -0.1) is 11.3 Å². The van der Waals surface area contributed by atoms with E-state index < -0.39 is 0 Å². The van der Waals surface area contributed by atoms with Gasteiger partial charge in [0, 0.05) is 28.4 Å². The minimum atomic E-state index is 0.417. The van der Waals surface area contributed by atoms with Crippen molar-refractivity contribution in [3.8, 4) is 0 Å². The van der Waals surface area contributed by atoms with Crippen LogP contribution in [0.4, 0.5) is 0 Å². The van der Waals surface area contributed by atoms with Gasteiger partial charge in [0.05, 0.1) is 6.26 Å². The summed E-state index contributed by atoms with van der Waals surface area (Å²) in [7, 11) is 0. The van der Waals surface area contributed by atoms with Crippen LogP contribution in [-0.2, 0) is 13.0 Å². The predicted molar refractivity (Wildman–Crippen MR) is 70.7 cm³/mol. The van der Waals surface area contributed by atoms with Gasteiger partial charge in [0.15, 0.2) is 0 Å². The van der Waals surface area contributed by atoms with E-state index in [0.717, 1.165) is 18.7 Å². The summed E-state index contributed by atoms with van der Waals surface area (Å²) in [6, 6.07) is 6.44. The van der Waals surface area contributed by atoms with Crippen molar-refractivity contribution in [2.45, 2.75) is 25.9 Å². The Kier molecular flexibility index (Phi) is 4.21. The van der Waals surface area contributed by atoms with Crippen LogP contribution in [0.15, 0.2) is 38.7 Å². The molecule has 86 valence electrons. The first-order valence-corrected chi connectivity index (χ1v) is 6.90. The average molecular weight is 300 g/mol. The van der Waals surface area contributed by atoms with Crippen LogP contribution in [0.1, 0.15) is 17.6 Å². The van der Waals surface area contributed by atoms with Crippen molar-refractivity contribution in [2.75, 3.05) is 0 Å². The summed E-state index contributed by atoms with van der Waals surface area (Å²) in [6.07, 6.45) is 2.65. The molecule has 2 aromatic heterocycles. The average Bonchev–Trinajstić information content (AvgIpc) is 2.87. The van der Waals surface area contributed by atoms with Gasteiger partial charge in [0.2, 0.25) is 0 Å². The van der Waals surface area contributed by atoms with Crippen LogP contribution < -0.4 is 5.32 Å². The van der Waals surface area contributed by atoms with Gasteiger partial charge >= 0.3 is 0 Å². The SMILES string of the molecule is CC(Cc1ccco1)NCc1sccc1Br. The monoisotopic (exact) mass is 299 g/mol. The maximum Gasteiger partial charge on any atom is 0.105 e.